The average molecular weight is 452 g/mol. The predicted octanol–water partition coefficient (Wildman–Crippen LogP) is 4.65. The maximum absolute atomic E-state index is 12.2. The molecule has 0 bridgehead atoms. The van der Waals surface area contributed by atoms with Crippen LogP contribution >= 0.6 is 34.8 Å². The number of nitrogens with one attached hydrogen (secondary N) is 2. The summed E-state index contributed by atoms with van der Waals surface area (Å²) in [6.45, 7) is 0.580. The Hall–Kier alpha value is -2.54. The van der Waals surface area contributed by atoms with E-state index in [2.05, 4.69) is 15.7 Å². The van der Waals surface area contributed by atoms with Crippen LogP contribution in [-0.4, -0.2) is 28.1 Å². The van der Waals surface area contributed by atoms with Gasteiger partial charge in [-0.1, -0.05) is 40.9 Å². The molecule has 0 aliphatic rings. The number of nitrogens with zero attached hydrogens (tertiary/aromatic N) is 2. The van der Waals surface area contributed by atoms with Gasteiger partial charge in [0.05, 0.1) is 12.7 Å². The van der Waals surface area contributed by atoms with Crippen LogP contribution in [0.25, 0.3) is 0 Å². The summed E-state index contributed by atoms with van der Waals surface area (Å²) in [6.07, 6.45) is 1.70. The lowest BCUT2D eigenvalue weighted by Crippen LogP contribution is -2.28. The van der Waals surface area contributed by atoms with E-state index in [1.807, 2.05) is 6.07 Å². The van der Waals surface area contributed by atoms with Crippen LogP contribution in [0.2, 0.25) is 15.1 Å². The molecule has 0 saturated carbocycles. The van der Waals surface area contributed by atoms with Crippen LogP contribution in [0, 0.1) is 0 Å². The molecule has 0 saturated heterocycles. The van der Waals surface area contributed by atoms with Gasteiger partial charge in [-0.05, 0) is 42.0 Å². The molecule has 1 aromatic heterocycles. The first-order valence-corrected chi connectivity index (χ1v) is 9.85. The number of carbonyl (C=O) groups excluding carboxylic acids is 2. The van der Waals surface area contributed by atoms with Crippen LogP contribution < -0.4 is 10.6 Å². The van der Waals surface area contributed by atoms with Crippen molar-refractivity contribution in [3.05, 3.63) is 80.9 Å². The molecule has 0 aliphatic carbocycles. The monoisotopic (exact) mass is 450 g/mol. The Morgan fingerprint density at radius 2 is 1.69 bits per heavy atom. The van der Waals surface area contributed by atoms with Gasteiger partial charge in [0.15, 0.2) is 0 Å². The SMILES string of the molecule is O=C(CCNC(=O)c1ccc(Cl)cc1)Nc1ccnn1Cc1ccc(Cl)cc1Cl. The summed E-state index contributed by atoms with van der Waals surface area (Å²) in [4.78, 5) is 24.3. The number of amides is 2. The third-order valence-electron chi connectivity index (χ3n) is 4.06. The molecule has 2 amide bonds. The van der Waals surface area contributed by atoms with Crippen molar-refractivity contribution in [2.24, 2.45) is 0 Å². The highest BCUT2D eigenvalue weighted by Gasteiger charge is 2.11. The van der Waals surface area contributed by atoms with E-state index in [4.69, 9.17) is 34.8 Å². The van der Waals surface area contributed by atoms with E-state index < -0.39 is 0 Å². The van der Waals surface area contributed by atoms with Crippen LogP contribution in [0.3, 0.4) is 0 Å². The van der Waals surface area contributed by atoms with Crippen molar-refractivity contribution in [2.75, 3.05) is 11.9 Å². The first-order chi connectivity index (χ1) is 13.9. The number of carbonyl (C=O) groups is 2. The van der Waals surface area contributed by atoms with Gasteiger partial charge in [-0.15, -0.1) is 0 Å². The predicted molar refractivity (Wildman–Crippen MR) is 115 cm³/mol. The first kappa shape index (κ1) is 21.2. The quantitative estimate of drug-likeness (QED) is 0.549. The lowest BCUT2D eigenvalue weighted by atomic mass is 10.2. The highest BCUT2D eigenvalue weighted by molar-refractivity contribution is 6.35. The van der Waals surface area contributed by atoms with E-state index in [1.165, 1.54) is 0 Å². The summed E-state index contributed by atoms with van der Waals surface area (Å²) < 4.78 is 1.62. The molecule has 3 rings (SSSR count). The van der Waals surface area contributed by atoms with Crippen molar-refractivity contribution < 1.29 is 9.59 Å². The highest BCUT2D eigenvalue weighted by Crippen LogP contribution is 2.22. The minimum atomic E-state index is -0.267. The summed E-state index contributed by atoms with van der Waals surface area (Å²) in [7, 11) is 0. The molecular weight excluding hydrogens is 435 g/mol. The minimum Gasteiger partial charge on any atom is -0.352 e. The van der Waals surface area contributed by atoms with Crippen LogP contribution in [0.4, 0.5) is 5.82 Å². The summed E-state index contributed by atoms with van der Waals surface area (Å²) >= 11 is 17.9. The van der Waals surface area contributed by atoms with Crippen molar-refractivity contribution >= 4 is 52.4 Å². The van der Waals surface area contributed by atoms with Gasteiger partial charge in [-0.3, -0.25) is 9.59 Å². The largest absolute Gasteiger partial charge is 0.352 e. The molecule has 9 heteroatoms. The summed E-state index contributed by atoms with van der Waals surface area (Å²) in [6, 6.07) is 13.4. The minimum absolute atomic E-state index is 0.117. The maximum atomic E-state index is 12.2. The second kappa shape index (κ2) is 9.78. The topological polar surface area (TPSA) is 76.0 Å². The van der Waals surface area contributed by atoms with Gasteiger partial charge in [0, 0.05) is 39.7 Å². The van der Waals surface area contributed by atoms with E-state index in [0.29, 0.717) is 33.0 Å². The summed E-state index contributed by atoms with van der Waals surface area (Å²) in [5.74, 6) is 0.0206. The number of hydrogen-bond donors (Lipinski definition) is 2. The average Bonchev–Trinajstić information content (AvgIpc) is 3.11. The molecule has 0 fully saturated rings. The van der Waals surface area contributed by atoms with Crippen LogP contribution in [0.5, 0.6) is 0 Å². The molecule has 1 heterocycles. The van der Waals surface area contributed by atoms with E-state index in [0.717, 1.165) is 5.56 Å². The van der Waals surface area contributed by atoms with Gasteiger partial charge in [0.2, 0.25) is 5.91 Å². The van der Waals surface area contributed by atoms with Crippen molar-refractivity contribution in [1.29, 1.82) is 0 Å². The Kier molecular flexibility index (Phi) is 7.14. The Balaban J connectivity index is 1.51. The normalized spacial score (nSPS) is 10.6. The van der Waals surface area contributed by atoms with Crippen LogP contribution in [0.15, 0.2) is 54.7 Å². The van der Waals surface area contributed by atoms with Gasteiger partial charge in [0.25, 0.3) is 5.91 Å². The first-order valence-electron chi connectivity index (χ1n) is 8.72. The third-order valence-corrected chi connectivity index (χ3v) is 4.90. The van der Waals surface area contributed by atoms with Crippen LogP contribution in [-0.2, 0) is 11.3 Å². The fraction of sp³-hybridized carbons (Fsp3) is 0.150. The fourth-order valence-electron chi connectivity index (χ4n) is 2.57. The second-order valence-corrected chi connectivity index (χ2v) is 7.45. The number of aromatic nitrogens is 2. The van der Waals surface area contributed by atoms with E-state index >= 15 is 0 Å². The molecule has 0 aliphatic heterocycles. The van der Waals surface area contributed by atoms with Crippen molar-refractivity contribution in [2.45, 2.75) is 13.0 Å². The van der Waals surface area contributed by atoms with Gasteiger partial charge < -0.3 is 10.6 Å². The molecule has 0 radical (unpaired) electrons. The second-order valence-electron chi connectivity index (χ2n) is 6.17. The maximum Gasteiger partial charge on any atom is 0.251 e. The Bertz CT molecular complexity index is 1020. The Labute approximate surface area is 182 Å². The molecule has 0 spiro atoms. The highest BCUT2D eigenvalue weighted by atomic mass is 35.5. The molecule has 6 nitrogen and oxygen atoms in total. The molecule has 0 unspecified atom stereocenters. The van der Waals surface area contributed by atoms with E-state index in [-0.39, 0.29) is 24.8 Å². The molecule has 2 aromatic carbocycles. The van der Waals surface area contributed by atoms with Crippen LogP contribution in [0.1, 0.15) is 22.3 Å². The number of halogens is 3. The smallest absolute Gasteiger partial charge is 0.251 e. The Morgan fingerprint density at radius 1 is 0.966 bits per heavy atom. The third kappa shape index (κ3) is 5.97. The zero-order valence-corrected chi connectivity index (χ0v) is 17.4. The Morgan fingerprint density at radius 3 is 2.41 bits per heavy atom. The van der Waals surface area contributed by atoms with Gasteiger partial charge in [0.1, 0.15) is 5.82 Å². The molecule has 3 aromatic rings. The molecule has 29 heavy (non-hydrogen) atoms. The van der Waals surface area contributed by atoms with Gasteiger partial charge in [-0.2, -0.15) is 5.10 Å². The standard InChI is InChI=1S/C20H17Cl3N4O2/c21-15-4-1-13(2-5-15)20(29)24-9-8-19(28)26-18-7-10-25-27(18)12-14-3-6-16(22)11-17(14)23/h1-7,10-11H,8-9,12H2,(H,24,29)(H,26,28). The summed E-state index contributed by atoms with van der Waals surface area (Å²) in [5, 5.41) is 11.3. The number of benzene rings is 2. The van der Waals surface area contributed by atoms with E-state index in [1.54, 1.807) is 53.3 Å². The van der Waals surface area contributed by atoms with Crippen molar-refractivity contribution in [3.63, 3.8) is 0 Å². The van der Waals surface area contributed by atoms with E-state index in [9.17, 15) is 9.59 Å². The lowest BCUT2D eigenvalue weighted by Gasteiger charge is -2.11. The van der Waals surface area contributed by atoms with Crippen molar-refractivity contribution in [1.82, 2.24) is 15.1 Å². The molecule has 0 atom stereocenters. The lowest BCUT2D eigenvalue weighted by molar-refractivity contribution is -0.116. The summed E-state index contributed by atoms with van der Waals surface area (Å²) in [5.41, 5.74) is 1.30. The number of anilines is 1. The fourth-order valence-corrected chi connectivity index (χ4v) is 3.17. The van der Waals surface area contributed by atoms with Crippen molar-refractivity contribution in [3.8, 4) is 0 Å². The van der Waals surface area contributed by atoms with Gasteiger partial charge in [-0.25, -0.2) is 4.68 Å². The molecule has 2 N–H and O–H groups in total. The molecule has 150 valence electrons. The number of hydrogen-bond acceptors (Lipinski definition) is 3. The molecular formula is C20H17Cl3N4O2. The van der Waals surface area contributed by atoms with Gasteiger partial charge >= 0.3 is 0 Å². The number of rotatable bonds is 7. The zero-order chi connectivity index (χ0) is 20.8. The zero-order valence-electron chi connectivity index (χ0n) is 15.2.